The summed E-state index contributed by atoms with van der Waals surface area (Å²) in [5.41, 5.74) is 6.33. The fraction of sp³-hybridized carbons (Fsp3) is 0.417. The molecular weight excluding hydrogens is 238 g/mol. The molecule has 0 heterocycles. The van der Waals surface area contributed by atoms with Gasteiger partial charge < -0.3 is 19.9 Å². The van der Waals surface area contributed by atoms with Gasteiger partial charge >= 0.3 is 0 Å². The van der Waals surface area contributed by atoms with Crippen molar-refractivity contribution in [2.24, 2.45) is 5.73 Å². The highest BCUT2D eigenvalue weighted by Gasteiger charge is 2.07. The smallest absolute Gasteiger partial charge is 0.161 e. The average molecular weight is 255 g/mol. The predicted molar refractivity (Wildman–Crippen MR) is 70.9 cm³/mol. The summed E-state index contributed by atoms with van der Waals surface area (Å²) in [5.74, 6) is 1.32. The Bertz CT molecular complexity index is 382. The van der Waals surface area contributed by atoms with Crippen LogP contribution < -0.4 is 15.2 Å². The number of rotatable bonds is 7. The van der Waals surface area contributed by atoms with Gasteiger partial charge in [0.05, 0.1) is 13.2 Å². The molecule has 0 saturated carbocycles. The van der Waals surface area contributed by atoms with Crippen molar-refractivity contribution >= 4 is 17.2 Å². The van der Waals surface area contributed by atoms with Crippen LogP contribution in [0.4, 0.5) is 0 Å². The lowest BCUT2D eigenvalue weighted by Gasteiger charge is -2.12. The molecule has 1 aromatic carbocycles. The maximum absolute atomic E-state index is 5.57. The molecule has 0 unspecified atom stereocenters. The first-order valence-corrected chi connectivity index (χ1v) is 5.78. The van der Waals surface area contributed by atoms with Gasteiger partial charge in [-0.15, -0.1) is 0 Å². The third-order valence-corrected chi connectivity index (χ3v) is 2.31. The predicted octanol–water partition coefficient (Wildman–Crippen LogP) is 1.74. The molecule has 0 atom stereocenters. The van der Waals surface area contributed by atoms with Crippen LogP contribution in [0.3, 0.4) is 0 Å². The zero-order valence-corrected chi connectivity index (χ0v) is 10.9. The number of thiocarbonyl (C=S) groups is 1. The molecule has 0 amide bonds. The van der Waals surface area contributed by atoms with Gasteiger partial charge in [0.1, 0.15) is 11.6 Å². The Morgan fingerprint density at radius 3 is 2.59 bits per heavy atom. The largest absolute Gasteiger partial charge is 0.490 e. The molecule has 0 radical (unpaired) electrons. The monoisotopic (exact) mass is 255 g/mol. The second-order valence-corrected chi connectivity index (χ2v) is 3.74. The molecule has 0 bridgehead atoms. The Morgan fingerprint density at radius 2 is 2.00 bits per heavy atom. The van der Waals surface area contributed by atoms with Gasteiger partial charge in [-0.1, -0.05) is 12.2 Å². The van der Waals surface area contributed by atoms with Gasteiger partial charge in [0, 0.05) is 12.7 Å². The Kier molecular flexibility index (Phi) is 5.72. The van der Waals surface area contributed by atoms with E-state index in [1.807, 2.05) is 13.0 Å². The van der Waals surface area contributed by atoms with Gasteiger partial charge in [-0.3, -0.25) is 0 Å². The second kappa shape index (κ2) is 7.09. The molecule has 0 aliphatic rings. The molecular formula is C12H17NO3S. The second-order valence-electron chi connectivity index (χ2n) is 3.30. The molecule has 2 N–H and O–H groups in total. The molecule has 17 heavy (non-hydrogen) atoms. The van der Waals surface area contributed by atoms with Crippen LogP contribution in [0.25, 0.3) is 0 Å². The van der Waals surface area contributed by atoms with Crippen LogP contribution in [0.2, 0.25) is 0 Å². The summed E-state index contributed by atoms with van der Waals surface area (Å²) >= 11 is 4.92. The summed E-state index contributed by atoms with van der Waals surface area (Å²) in [4.78, 5) is 0.342. The molecule has 1 rings (SSSR count). The zero-order valence-electron chi connectivity index (χ0n) is 10.1. The van der Waals surface area contributed by atoms with Crippen molar-refractivity contribution in [1.82, 2.24) is 0 Å². The quantitative estimate of drug-likeness (QED) is 0.594. The van der Waals surface area contributed by atoms with Crippen molar-refractivity contribution in [2.75, 3.05) is 26.9 Å². The third-order valence-electron chi connectivity index (χ3n) is 2.07. The van der Waals surface area contributed by atoms with Crippen LogP contribution in [-0.4, -0.2) is 31.9 Å². The molecule has 1 aromatic rings. The molecule has 0 aromatic heterocycles. The normalized spacial score (nSPS) is 10.0. The third kappa shape index (κ3) is 4.20. The Labute approximate surface area is 107 Å². The van der Waals surface area contributed by atoms with Crippen molar-refractivity contribution in [3.05, 3.63) is 23.8 Å². The van der Waals surface area contributed by atoms with Crippen LogP contribution in [0.15, 0.2) is 18.2 Å². The molecule has 0 fully saturated rings. The summed E-state index contributed by atoms with van der Waals surface area (Å²) in [6, 6.07) is 5.40. The maximum Gasteiger partial charge on any atom is 0.161 e. The molecule has 0 saturated heterocycles. The number of hydrogen-bond donors (Lipinski definition) is 1. The number of benzene rings is 1. The first kappa shape index (κ1) is 13.7. The first-order chi connectivity index (χ1) is 8.19. The SMILES string of the molecule is CCOc1cc(C(N)=S)ccc1OCCOC. The van der Waals surface area contributed by atoms with Crippen LogP contribution in [-0.2, 0) is 4.74 Å². The topological polar surface area (TPSA) is 53.7 Å². The molecule has 0 aliphatic carbocycles. The van der Waals surface area contributed by atoms with Gasteiger partial charge in [-0.2, -0.15) is 0 Å². The van der Waals surface area contributed by atoms with E-state index in [1.54, 1.807) is 19.2 Å². The summed E-state index contributed by atoms with van der Waals surface area (Å²) in [5, 5.41) is 0. The van der Waals surface area contributed by atoms with Crippen molar-refractivity contribution < 1.29 is 14.2 Å². The van der Waals surface area contributed by atoms with E-state index in [4.69, 9.17) is 32.2 Å². The lowest BCUT2D eigenvalue weighted by atomic mass is 10.2. The minimum absolute atomic E-state index is 0.342. The van der Waals surface area contributed by atoms with Gasteiger partial charge in [0.2, 0.25) is 0 Å². The number of hydrogen-bond acceptors (Lipinski definition) is 4. The van der Waals surface area contributed by atoms with Crippen LogP contribution in [0.5, 0.6) is 11.5 Å². The number of ether oxygens (including phenoxy) is 3. The first-order valence-electron chi connectivity index (χ1n) is 5.37. The van der Waals surface area contributed by atoms with E-state index in [2.05, 4.69) is 0 Å². The zero-order chi connectivity index (χ0) is 12.7. The van der Waals surface area contributed by atoms with Gasteiger partial charge in [-0.25, -0.2) is 0 Å². The summed E-state index contributed by atoms with van der Waals surface area (Å²) < 4.78 is 15.9. The lowest BCUT2D eigenvalue weighted by molar-refractivity contribution is 0.143. The molecule has 4 nitrogen and oxygen atoms in total. The van der Waals surface area contributed by atoms with Gasteiger partial charge in [0.25, 0.3) is 0 Å². The minimum Gasteiger partial charge on any atom is -0.490 e. The van der Waals surface area contributed by atoms with Gasteiger partial charge in [-0.05, 0) is 25.1 Å². The molecule has 0 aliphatic heterocycles. The van der Waals surface area contributed by atoms with E-state index in [0.29, 0.717) is 36.3 Å². The van der Waals surface area contributed by atoms with E-state index >= 15 is 0 Å². The van der Waals surface area contributed by atoms with Crippen LogP contribution in [0.1, 0.15) is 12.5 Å². The van der Waals surface area contributed by atoms with Crippen LogP contribution >= 0.6 is 12.2 Å². The fourth-order valence-corrected chi connectivity index (χ4v) is 1.41. The van der Waals surface area contributed by atoms with E-state index < -0.39 is 0 Å². The van der Waals surface area contributed by atoms with Crippen molar-refractivity contribution in [2.45, 2.75) is 6.92 Å². The summed E-state index contributed by atoms with van der Waals surface area (Å²) in [6.07, 6.45) is 0. The van der Waals surface area contributed by atoms with Crippen molar-refractivity contribution in [1.29, 1.82) is 0 Å². The summed E-state index contributed by atoms with van der Waals surface area (Å²) in [6.45, 7) is 3.47. The molecule has 0 spiro atoms. The van der Waals surface area contributed by atoms with E-state index in [-0.39, 0.29) is 0 Å². The van der Waals surface area contributed by atoms with Crippen LogP contribution in [0, 0.1) is 0 Å². The van der Waals surface area contributed by atoms with E-state index in [0.717, 1.165) is 5.56 Å². The van der Waals surface area contributed by atoms with Gasteiger partial charge in [0.15, 0.2) is 11.5 Å². The average Bonchev–Trinajstić information content (AvgIpc) is 2.31. The minimum atomic E-state index is 0.342. The summed E-state index contributed by atoms with van der Waals surface area (Å²) in [7, 11) is 1.63. The highest BCUT2D eigenvalue weighted by atomic mass is 32.1. The van der Waals surface area contributed by atoms with Crippen molar-refractivity contribution in [3.63, 3.8) is 0 Å². The molecule has 94 valence electrons. The maximum atomic E-state index is 5.57. The lowest BCUT2D eigenvalue weighted by Crippen LogP contribution is -2.11. The Hall–Kier alpha value is -1.33. The van der Waals surface area contributed by atoms with E-state index in [9.17, 15) is 0 Å². The standard InChI is InChI=1S/C12H17NO3S/c1-3-15-11-8-9(12(13)17)4-5-10(11)16-7-6-14-2/h4-5,8H,3,6-7H2,1-2H3,(H2,13,17). The highest BCUT2D eigenvalue weighted by Crippen LogP contribution is 2.28. The molecule has 5 heteroatoms. The Morgan fingerprint density at radius 1 is 1.24 bits per heavy atom. The van der Waals surface area contributed by atoms with Crippen molar-refractivity contribution in [3.8, 4) is 11.5 Å². The van der Waals surface area contributed by atoms with E-state index in [1.165, 1.54) is 0 Å². The Balaban J connectivity index is 2.83. The highest BCUT2D eigenvalue weighted by molar-refractivity contribution is 7.80. The number of nitrogens with two attached hydrogens (primary N) is 1. The number of methoxy groups -OCH3 is 1. The fourth-order valence-electron chi connectivity index (χ4n) is 1.28.